The topological polar surface area (TPSA) is 72.3 Å². The summed E-state index contributed by atoms with van der Waals surface area (Å²) in [4.78, 5) is 4.17. The van der Waals surface area contributed by atoms with Crippen molar-refractivity contribution in [2.75, 3.05) is 6.61 Å². The van der Waals surface area contributed by atoms with Gasteiger partial charge in [0.15, 0.2) is 5.76 Å². The Morgan fingerprint density at radius 3 is 3.00 bits per heavy atom. The van der Waals surface area contributed by atoms with Crippen LogP contribution in [0.25, 0.3) is 11.6 Å². The first-order valence-corrected chi connectivity index (χ1v) is 4.79. The number of hydrogen-bond donors (Lipinski definition) is 1. The van der Waals surface area contributed by atoms with E-state index >= 15 is 0 Å². The van der Waals surface area contributed by atoms with Gasteiger partial charge in [-0.25, -0.2) is 0 Å². The average Bonchev–Trinajstić information content (AvgIpc) is 2.83. The SMILES string of the molecule is Cc1ccoc1-c1noc(CCCO)n1. The number of furan rings is 1. The number of hydrogen-bond acceptors (Lipinski definition) is 5. The molecule has 0 unspecified atom stereocenters. The Labute approximate surface area is 86.7 Å². The first kappa shape index (κ1) is 9.92. The van der Waals surface area contributed by atoms with E-state index in [-0.39, 0.29) is 6.61 Å². The third-order valence-corrected chi connectivity index (χ3v) is 2.08. The highest BCUT2D eigenvalue weighted by atomic mass is 16.5. The standard InChI is InChI=1S/C10H12N2O3/c1-7-4-6-14-9(7)10-11-8(15-12-10)3-2-5-13/h4,6,13H,2-3,5H2,1H3. The van der Waals surface area contributed by atoms with Crippen LogP contribution in [0.1, 0.15) is 17.9 Å². The van der Waals surface area contributed by atoms with Crippen LogP contribution in [0.15, 0.2) is 21.3 Å². The molecule has 0 saturated heterocycles. The molecule has 0 aliphatic heterocycles. The molecule has 0 fully saturated rings. The maximum Gasteiger partial charge on any atom is 0.238 e. The third-order valence-electron chi connectivity index (χ3n) is 2.08. The molecule has 80 valence electrons. The van der Waals surface area contributed by atoms with Crippen LogP contribution in [0.3, 0.4) is 0 Å². The predicted molar refractivity (Wildman–Crippen MR) is 52.1 cm³/mol. The zero-order valence-electron chi connectivity index (χ0n) is 8.43. The molecule has 1 N–H and O–H groups in total. The van der Waals surface area contributed by atoms with E-state index in [1.165, 1.54) is 0 Å². The molecule has 0 aromatic carbocycles. The number of aliphatic hydroxyl groups excluding tert-OH is 1. The van der Waals surface area contributed by atoms with Crippen molar-refractivity contribution in [1.82, 2.24) is 10.1 Å². The van der Waals surface area contributed by atoms with E-state index in [2.05, 4.69) is 10.1 Å². The van der Waals surface area contributed by atoms with Crippen molar-refractivity contribution in [2.24, 2.45) is 0 Å². The molecule has 0 radical (unpaired) electrons. The van der Waals surface area contributed by atoms with E-state index in [0.29, 0.717) is 30.3 Å². The molecule has 2 heterocycles. The molecule has 15 heavy (non-hydrogen) atoms. The lowest BCUT2D eigenvalue weighted by Crippen LogP contribution is -1.89. The van der Waals surface area contributed by atoms with E-state index < -0.39 is 0 Å². The Bertz CT molecular complexity index is 433. The van der Waals surface area contributed by atoms with Crippen molar-refractivity contribution in [3.05, 3.63) is 23.8 Å². The van der Waals surface area contributed by atoms with Gasteiger partial charge < -0.3 is 14.0 Å². The van der Waals surface area contributed by atoms with Gasteiger partial charge in [0.2, 0.25) is 11.7 Å². The number of aliphatic hydroxyl groups is 1. The molecule has 0 amide bonds. The summed E-state index contributed by atoms with van der Waals surface area (Å²) in [5.74, 6) is 1.62. The molecule has 5 heteroatoms. The van der Waals surface area contributed by atoms with Crippen molar-refractivity contribution in [1.29, 1.82) is 0 Å². The monoisotopic (exact) mass is 208 g/mol. The molecule has 0 spiro atoms. The van der Waals surface area contributed by atoms with Crippen LogP contribution in [0.4, 0.5) is 0 Å². The molecule has 2 aromatic rings. The Kier molecular flexibility index (Phi) is 2.82. The second-order valence-corrected chi connectivity index (χ2v) is 3.27. The highest BCUT2D eigenvalue weighted by Gasteiger charge is 2.13. The highest BCUT2D eigenvalue weighted by molar-refractivity contribution is 5.50. The smallest absolute Gasteiger partial charge is 0.238 e. The van der Waals surface area contributed by atoms with Crippen molar-refractivity contribution in [3.63, 3.8) is 0 Å². The third kappa shape index (κ3) is 2.07. The molecular weight excluding hydrogens is 196 g/mol. The largest absolute Gasteiger partial charge is 0.461 e. The van der Waals surface area contributed by atoms with Gasteiger partial charge in [-0.1, -0.05) is 5.16 Å². The summed E-state index contributed by atoms with van der Waals surface area (Å²) < 4.78 is 10.2. The minimum Gasteiger partial charge on any atom is -0.461 e. The van der Waals surface area contributed by atoms with E-state index in [0.717, 1.165) is 5.56 Å². The Balaban J connectivity index is 2.17. The van der Waals surface area contributed by atoms with Gasteiger partial charge in [0, 0.05) is 13.0 Å². The van der Waals surface area contributed by atoms with Gasteiger partial charge in [-0.2, -0.15) is 4.98 Å². The quantitative estimate of drug-likeness (QED) is 0.825. The fraction of sp³-hybridized carbons (Fsp3) is 0.400. The van der Waals surface area contributed by atoms with Gasteiger partial charge in [0.25, 0.3) is 0 Å². The molecule has 0 aliphatic rings. The first-order chi connectivity index (χ1) is 7.31. The first-order valence-electron chi connectivity index (χ1n) is 4.79. The summed E-state index contributed by atoms with van der Waals surface area (Å²) in [5, 5.41) is 12.5. The fourth-order valence-corrected chi connectivity index (χ4v) is 1.28. The van der Waals surface area contributed by atoms with E-state index in [9.17, 15) is 0 Å². The van der Waals surface area contributed by atoms with Gasteiger partial charge in [0.05, 0.1) is 6.26 Å². The summed E-state index contributed by atoms with van der Waals surface area (Å²) in [6.45, 7) is 2.04. The van der Waals surface area contributed by atoms with Crippen molar-refractivity contribution in [2.45, 2.75) is 19.8 Å². The number of aryl methyl sites for hydroxylation is 2. The van der Waals surface area contributed by atoms with Crippen LogP contribution in [-0.2, 0) is 6.42 Å². The summed E-state index contributed by atoms with van der Waals surface area (Å²) >= 11 is 0. The number of nitrogens with zero attached hydrogens (tertiary/aromatic N) is 2. The van der Waals surface area contributed by atoms with Crippen LogP contribution < -0.4 is 0 Å². The molecule has 0 atom stereocenters. The van der Waals surface area contributed by atoms with Crippen molar-refractivity contribution >= 4 is 0 Å². The van der Waals surface area contributed by atoms with E-state index in [1.54, 1.807) is 6.26 Å². The van der Waals surface area contributed by atoms with Crippen LogP contribution in [-0.4, -0.2) is 21.9 Å². The van der Waals surface area contributed by atoms with Gasteiger partial charge in [-0.05, 0) is 25.0 Å². The molecule has 0 saturated carbocycles. The van der Waals surface area contributed by atoms with Gasteiger partial charge in [-0.15, -0.1) is 0 Å². The lowest BCUT2D eigenvalue weighted by Gasteiger charge is -1.89. The summed E-state index contributed by atoms with van der Waals surface area (Å²) in [5.41, 5.74) is 0.976. The minimum atomic E-state index is 0.123. The summed E-state index contributed by atoms with van der Waals surface area (Å²) in [6.07, 6.45) is 2.80. The summed E-state index contributed by atoms with van der Waals surface area (Å²) in [6, 6.07) is 1.85. The van der Waals surface area contributed by atoms with Crippen LogP contribution in [0.2, 0.25) is 0 Å². The minimum absolute atomic E-state index is 0.123. The maximum atomic E-state index is 8.65. The molecule has 0 aliphatic carbocycles. The fourth-order valence-electron chi connectivity index (χ4n) is 1.28. The van der Waals surface area contributed by atoms with Gasteiger partial charge in [-0.3, -0.25) is 0 Å². The average molecular weight is 208 g/mol. The zero-order valence-corrected chi connectivity index (χ0v) is 8.43. The predicted octanol–water partition coefficient (Wildman–Crippen LogP) is 1.56. The highest BCUT2D eigenvalue weighted by Crippen LogP contribution is 2.21. The van der Waals surface area contributed by atoms with Gasteiger partial charge in [0.1, 0.15) is 0 Å². The van der Waals surface area contributed by atoms with Crippen LogP contribution in [0.5, 0.6) is 0 Å². The van der Waals surface area contributed by atoms with Crippen molar-refractivity contribution in [3.8, 4) is 11.6 Å². The van der Waals surface area contributed by atoms with Gasteiger partial charge >= 0.3 is 0 Å². The second-order valence-electron chi connectivity index (χ2n) is 3.27. The lowest BCUT2D eigenvalue weighted by molar-refractivity contribution is 0.278. The normalized spacial score (nSPS) is 10.8. The molecule has 5 nitrogen and oxygen atoms in total. The maximum absolute atomic E-state index is 8.65. The van der Waals surface area contributed by atoms with Crippen LogP contribution >= 0.6 is 0 Å². The Morgan fingerprint density at radius 1 is 1.47 bits per heavy atom. The summed E-state index contributed by atoms with van der Waals surface area (Å²) in [7, 11) is 0. The molecule has 2 aromatic heterocycles. The molecule has 0 bridgehead atoms. The number of rotatable bonds is 4. The van der Waals surface area contributed by atoms with E-state index in [1.807, 2.05) is 13.0 Å². The van der Waals surface area contributed by atoms with E-state index in [4.69, 9.17) is 14.0 Å². The zero-order chi connectivity index (χ0) is 10.7. The number of aromatic nitrogens is 2. The lowest BCUT2D eigenvalue weighted by atomic mass is 10.3. The Morgan fingerprint density at radius 2 is 2.33 bits per heavy atom. The Hall–Kier alpha value is -1.62. The second kappa shape index (κ2) is 4.27. The van der Waals surface area contributed by atoms with Crippen molar-refractivity contribution < 1.29 is 14.0 Å². The molecule has 2 rings (SSSR count). The molecular formula is C10H12N2O3. The van der Waals surface area contributed by atoms with Crippen LogP contribution in [0, 0.1) is 6.92 Å².